The molecule has 2 heteroatoms. The summed E-state index contributed by atoms with van der Waals surface area (Å²) in [5.74, 6) is 0.834. The van der Waals surface area contributed by atoms with E-state index in [1.54, 1.807) is 0 Å². The van der Waals surface area contributed by atoms with E-state index >= 15 is 0 Å². The molecule has 0 bridgehead atoms. The molecule has 10 heavy (non-hydrogen) atoms. The number of hydrogen-bond acceptors (Lipinski definition) is 2. The van der Waals surface area contributed by atoms with E-state index in [0.29, 0.717) is 11.3 Å². The van der Waals surface area contributed by atoms with Crippen LogP contribution in [0.25, 0.3) is 0 Å². The second-order valence-electron chi connectivity index (χ2n) is 3.24. The number of rotatable bonds is 1. The van der Waals surface area contributed by atoms with Crippen molar-refractivity contribution >= 4 is 19.3 Å². The molecule has 0 amide bonds. The van der Waals surface area contributed by atoms with Gasteiger partial charge in [0.15, 0.2) is 0 Å². The number of hydrogen-bond donors (Lipinski definition) is 1. The molecule has 0 aliphatic heterocycles. The highest BCUT2D eigenvalue weighted by molar-refractivity contribution is 7.81. The third-order valence-corrected chi connectivity index (χ3v) is 2.83. The topological polar surface area (TPSA) is 12.4 Å². The monoisotopic (exact) mass is 157 g/mol. The predicted molar refractivity (Wildman–Crippen MR) is 49.1 cm³/mol. The zero-order chi connectivity index (χ0) is 7.56. The second-order valence-corrected chi connectivity index (χ2v) is 3.90. The van der Waals surface area contributed by atoms with E-state index in [-0.39, 0.29) is 0 Å². The summed E-state index contributed by atoms with van der Waals surface area (Å²) in [5.41, 5.74) is 0. The standard InChI is InChI=1S/C8H15NS/c1-6-3-4-7(9-2)8(10)5-6/h6-8,10H,2-5H2,1H3. The van der Waals surface area contributed by atoms with Gasteiger partial charge in [0.25, 0.3) is 0 Å². The van der Waals surface area contributed by atoms with E-state index in [0.717, 1.165) is 5.92 Å². The second kappa shape index (κ2) is 3.42. The maximum atomic E-state index is 4.46. The van der Waals surface area contributed by atoms with Gasteiger partial charge in [-0.25, -0.2) is 0 Å². The van der Waals surface area contributed by atoms with E-state index < -0.39 is 0 Å². The predicted octanol–water partition coefficient (Wildman–Crippen LogP) is 2.17. The Morgan fingerprint density at radius 3 is 2.70 bits per heavy atom. The first-order valence-corrected chi connectivity index (χ1v) is 4.39. The van der Waals surface area contributed by atoms with E-state index in [2.05, 4.69) is 31.3 Å². The van der Waals surface area contributed by atoms with Crippen molar-refractivity contribution in [2.75, 3.05) is 0 Å². The van der Waals surface area contributed by atoms with Crippen molar-refractivity contribution in [3.63, 3.8) is 0 Å². The highest BCUT2D eigenvalue weighted by Crippen LogP contribution is 2.28. The van der Waals surface area contributed by atoms with Gasteiger partial charge in [-0.05, 0) is 31.9 Å². The lowest BCUT2D eigenvalue weighted by Crippen LogP contribution is -2.27. The Bertz CT molecular complexity index is 124. The first kappa shape index (κ1) is 8.12. The first-order valence-electron chi connectivity index (χ1n) is 3.88. The van der Waals surface area contributed by atoms with Crippen LogP contribution >= 0.6 is 12.6 Å². The zero-order valence-electron chi connectivity index (χ0n) is 6.45. The van der Waals surface area contributed by atoms with Crippen molar-refractivity contribution in [2.24, 2.45) is 10.9 Å². The largest absolute Gasteiger partial charge is 0.296 e. The molecule has 1 rings (SSSR count). The lowest BCUT2D eigenvalue weighted by Gasteiger charge is -2.28. The fourth-order valence-corrected chi connectivity index (χ4v) is 2.15. The Balaban J connectivity index is 2.43. The summed E-state index contributed by atoms with van der Waals surface area (Å²) in [7, 11) is 0. The summed E-state index contributed by atoms with van der Waals surface area (Å²) < 4.78 is 0. The van der Waals surface area contributed by atoms with Crippen LogP contribution < -0.4 is 0 Å². The van der Waals surface area contributed by atoms with E-state index in [9.17, 15) is 0 Å². The summed E-state index contributed by atoms with van der Waals surface area (Å²) in [6.07, 6.45) is 3.67. The van der Waals surface area contributed by atoms with Gasteiger partial charge in [-0.3, -0.25) is 4.99 Å². The third kappa shape index (κ3) is 1.75. The van der Waals surface area contributed by atoms with Gasteiger partial charge in [-0.2, -0.15) is 12.6 Å². The third-order valence-electron chi connectivity index (χ3n) is 2.28. The molecule has 58 valence electrons. The Kier molecular flexibility index (Phi) is 2.78. The SMILES string of the molecule is C=NC1CCC(C)CC1S. The first-order chi connectivity index (χ1) is 4.74. The van der Waals surface area contributed by atoms with Crippen molar-refractivity contribution in [1.82, 2.24) is 0 Å². The van der Waals surface area contributed by atoms with E-state index in [4.69, 9.17) is 0 Å². The van der Waals surface area contributed by atoms with E-state index in [1.165, 1.54) is 19.3 Å². The average Bonchev–Trinajstić information content (AvgIpc) is 1.88. The van der Waals surface area contributed by atoms with Crippen LogP contribution in [0.1, 0.15) is 26.2 Å². The minimum absolute atomic E-state index is 0.416. The van der Waals surface area contributed by atoms with Gasteiger partial charge in [0, 0.05) is 5.25 Å². The molecule has 1 saturated carbocycles. The number of nitrogens with zero attached hydrogens (tertiary/aromatic N) is 1. The molecule has 1 fully saturated rings. The molecule has 1 aliphatic rings. The molecule has 0 spiro atoms. The van der Waals surface area contributed by atoms with Crippen LogP contribution in [0.5, 0.6) is 0 Å². The quantitative estimate of drug-likeness (QED) is 0.442. The van der Waals surface area contributed by atoms with Crippen LogP contribution in [0.3, 0.4) is 0 Å². The summed E-state index contributed by atoms with van der Waals surface area (Å²) in [4.78, 5) is 4.04. The summed E-state index contributed by atoms with van der Waals surface area (Å²) in [5, 5.41) is 0.459. The van der Waals surface area contributed by atoms with Crippen LogP contribution in [0.15, 0.2) is 4.99 Å². The van der Waals surface area contributed by atoms with Crippen LogP contribution in [0.2, 0.25) is 0 Å². The zero-order valence-corrected chi connectivity index (χ0v) is 7.35. The summed E-state index contributed by atoms with van der Waals surface area (Å²) in [6.45, 7) is 5.84. The highest BCUT2D eigenvalue weighted by Gasteiger charge is 2.24. The number of thiol groups is 1. The van der Waals surface area contributed by atoms with Crippen molar-refractivity contribution in [3.05, 3.63) is 0 Å². The molecule has 3 unspecified atom stereocenters. The molecule has 0 aromatic heterocycles. The molecule has 1 aliphatic carbocycles. The van der Waals surface area contributed by atoms with Crippen molar-refractivity contribution in [1.29, 1.82) is 0 Å². The maximum Gasteiger partial charge on any atom is 0.0608 e. The average molecular weight is 157 g/mol. The fraction of sp³-hybridized carbons (Fsp3) is 0.875. The molecule has 0 N–H and O–H groups in total. The summed E-state index contributed by atoms with van der Waals surface area (Å²) >= 11 is 4.46. The Morgan fingerprint density at radius 2 is 2.20 bits per heavy atom. The van der Waals surface area contributed by atoms with Crippen LogP contribution in [-0.4, -0.2) is 18.0 Å². The molecule has 0 aromatic carbocycles. The molecular formula is C8H15NS. The fourth-order valence-electron chi connectivity index (χ4n) is 1.55. The van der Waals surface area contributed by atoms with Gasteiger partial charge in [0.2, 0.25) is 0 Å². The van der Waals surface area contributed by atoms with Gasteiger partial charge in [0.05, 0.1) is 6.04 Å². The van der Waals surface area contributed by atoms with Gasteiger partial charge in [-0.15, -0.1) is 0 Å². The van der Waals surface area contributed by atoms with Gasteiger partial charge < -0.3 is 0 Å². The molecule has 0 saturated heterocycles. The van der Waals surface area contributed by atoms with Crippen molar-refractivity contribution in [2.45, 2.75) is 37.5 Å². The van der Waals surface area contributed by atoms with Gasteiger partial charge in [-0.1, -0.05) is 6.92 Å². The van der Waals surface area contributed by atoms with E-state index in [1.807, 2.05) is 0 Å². The van der Waals surface area contributed by atoms with Crippen LogP contribution in [-0.2, 0) is 0 Å². The molecular weight excluding hydrogens is 142 g/mol. The molecule has 0 aromatic rings. The lowest BCUT2D eigenvalue weighted by molar-refractivity contribution is 0.361. The smallest absolute Gasteiger partial charge is 0.0608 e. The lowest BCUT2D eigenvalue weighted by atomic mass is 9.87. The Hall–Kier alpha value is 0.0200. The van der Waals surface area contributed by atoms with Crippen molar-refractivity contribution < 1.29 is 0 Å². The summed E-state index contributed by atoms with van der Waals surface area (Å²) in [6, 6.07) is 0.416. The Labute approximate surface area is 68.3 Å². The molecule has 1 nitrogen and oxygen atoms in total. The maximum absolute atomic E-state index is 4.46. The van der Waals surface area contributed by atoms with Gasteiger partial charge >= 0.3 is 0 Å². The minimum atomic E-state index is 0.416. The highest BCUT2D eigenvalue weighted by atomic mass is 32.1. The minimum Gasteiger partial charge on any atom is -0.296 e. The van der Waals surface area contributed by atoms with Crippen molar-refractivity contribution in [3.8, 4) is 0 Å². The van der Waals surface area contributed by atoms with Gasteiger partial charge in [0.1, 0.15) is 0 Å². The normalized spacial score (nSPS) is 41.2. The van der Waals surface area contributed by atoms with Crippen LogP contribution in [0.4, 0.5) is 0 Å². The molecule has 0 radical (unpaired) electrons. The molecule has 3 atom stereocenters. The van der Waals surface area contributed by atoms with Crippen LogP contribution in [0, 0.1) is 5.92 Å². The Morgan fingerprint density at radius 1 is 1.50 bits per heavy atom. The number of aliphatic imine (C=N–C) groups is 1. The molecule has 0 heterocycles.